The van der Waals surface area contributed by atoms with Crippen LogP contribution in [-0.2, 0) is 27.7 Å². The van der Waals surface area contributed by atoms with Gasteiger partial charge in [-0.1, -0.05) is 12.1 Å². The van der Waals surface area contributed by atoms with Crippen molar-refractivity contribution in [1.29, 1.82) is 0 Å². The summed E-state index contributed by atoms with van der Waals surface area (Å²) in [6, 6.07) is 9.91. The monoisotopic (exact) mass is 463 g/mol. The van der Waals surface area contributed by atoms with Crippen LogP contribution in [0, 0.1) is 0 Å². The summed E-state index contributed by atoms with van der Waals surface area (Å²) in [7, 11) is -3.67. The van der Waals surface area contributed by atoms with Gasteiger partial charge in [0.1, 0.15) is 5.75 Å². The number of pyridine rings is 1. The van der Waals surface area contributed by atoms with E-state index in [0.29, 0.717) is 35.7 Å². The van der Waals surface area contributed by atoms with Crippen LogP contribution < -0.4 is 4.74 Å². The number of hydrogen-bond donors (Lipinski definition) is 0. The van der Waals surface area contributed by atoms with Crippen LogP contribution in [0.25, 0.3) is 6.08 Å². The van der Waals surface area contributed by atoms with Crippen LogP contribution in [0.3, 0.4) is 0 Å². The van der Waals surface area contributed by atoms with E-state index in [-0.39, 0.29) is 37.6 Å². The third-order valence-electron chi connectivity index (χ3n) is 5.62. The third-order valence-corrected chi connectivity index (χ3v) is 7.65. The van der Waals surface area contributed by atoms with E-state index in [9.17, 15) is 22.0 Å². The van der Waals surface area contributed by atoms with Crippen LogP contribution in [0.4, 0.5) is 8.78 Å². The van der Waals surface area contributed by atoms with Gasteiger partial charge in [0.2, 0.25) is 15.9 Å². The van der Waals surface area contributed by atoms with Crippen LogP contribution in [-0.4, -0.2) is 61.3 Å². The van der Waals surface area contributed by atoms with Crippen molar-refractivity contribution in [3.63, 3.8) is 0 Å². The van der Waals surface area contributed by atoms with Gasteiger partial charge in [0.15, 0.2) is 0 Å². The minimum absolute atomic E-state index is 0.0601. The molecule has 1 aromatic carbocycles. The Morgan fingerprint density at radius 3 is 2.56 bits per heavy atom. The number of benzene rings is 1. The van der Waals surface area contributed by atoms with Crippen molar-refractivity contribution in [3.05, 3.63) is 64.3 Å². The molecule has 1 aliphatic heterocycles. The molecular formula is C22H23F2N3O4S. The molecule has 1 aromatic heterocycles. The van der Waals surface area contributed by atoms with Crippen LogP contribution in [0.5, 0.6) is 5.75 Å². The SMILES string of the molecule is O=C(Cc1ccccn1)N1CCN(S(=O)(=O)C2=Cc3ccc(OC(F)F)cc3CC2)CC1. The van der Waals surface area contributed by atoms with Gasteiger partial charge in [-0.3, -0.25) is 9.78 Å². The maximum Gasteiger partial charge on any atom is 0.387 e. The first-order chi connectivity index (χ1) is 15.3. The van der Waals surface area contributed by atoms with Gasteiger partial charge >= 0.3 is 6.61 Å². The second-order valence-corrected chi connectivity index (χ2v) is 9.62. The van der Waals surface area contributed by atoms with Crippen LogP contribution >= 0.6 is 0 Å². The van der Waals surface area contributed by atoms with Gasteiger partial charge in [0, 0.05) is 38.1 Å². The maximum absolute atomic E-state index is 13.2. The molecule has 4 rings (SSSR count). The lowest BCUT2D eigenvalue weighted by Crippen LogP contribution is -2.51. The third kappa shape index (κ3) is 4.97. The molecule has 0 spiro atoms. The summed E-state index contributed by atoms with van der Waals surface area (Å²) in [5, 5.41) is 0. The van der Waals surface area contributed by atoms with E-state index in [1.807, 2.05) is 6.07 Å². The number of aryl methyl sites for hydroxylation is 1. The van der Waals surface area contributed by atoms with Crippen molar-refractivity contribution in [2.24, 2.45) is 0 Å². The Morgan fingerprint density at radius 1 is 1.09 bits per heavy atom. The molecule has 0 saturated carbocycles. The fourth-order valence-electron chi connectivity index (χ4n) is 3.94. The lowest BCUT2D eigenvalue weighted by atomic mass is 9.97. The molecule has 0 bridgehead atoms. The van der Waals surface area contributed by atoms with Crippen molar-refractivity contribution < 1.29 is 26.7 Å². The molecule has 1 saturated heterocycles. The number of allylic oxidation sites excluding steroid dienone is 1. The van der Waals surface area contributed by atoms with Gasteiger partial charge in [0.05, 0.1) is 11.3 Å². The van der Waals surface area contributed by atoms with Gasteiger partial charge in [0.25, 0.3) is 0 Å². The number of amides is 1. The molecule has 7 nitrogen and oxygen atoms in total. The molecule has 32 heavy (non-hydrogen) atoms. The van der Waals surface area contributed by atoms with E-state index in [1.165, 1.54) is 16.4 Å². The molecule has 1 amide bonds. The number of aromatic nitrogens is 1. The van der Waals surface area contributed by atoms with Gasteiger partial charge < -0.3 is 9.64 Å². The highest BCUT2D eigenvalue weighted by molar-refractivity contribution is 7.93. The van der Waals surface area contributed by atoms with Gasteiger partial charge in [-0.25, -0.2) is 8.42 Å². The zero-order chi connectivity index (χ0) is 22.7. The van der Waals surface area contributed by atoms with Gasteiger partial charge in [-0.05, 0) is 54.3 Å². The topological polar surface area (TPSA) is 79.8 Å². The predicted molar refractivity (Wildman–Crippen MR) is 114 cm³/mol. The fourth-order valence-corrected chi connectivity index (χ4v) is 5.55. The first-order valence-corrected chi connectivity index (χ1v) is 11.7. The quantitative estimate of drug-likeness (QED) is 0.658. The lowest BCUT2D eigenvalue weighted by molar-refractivity contribution is -0.131. The molecule has 2 aromatic rings. The Bertz CT molecular complexity index is 1120. The van der Waals surface area contributed by atoms with Crippen LogP contribution in [0.2, 0.25) is 0 Å². The number of halogens is 2. The Morgan fingerprint density at radius 2 is 1.88 bits per heavy atom. The molecule has 2 heterocycles. The summed E-state index contributed by atoms with van der Waals surface area (Å²) >= 11 is 0. The van der Waals surface area contributed by atoms with E-state index in [1.54, 1.807) is 35.4 Å². The average Bonchev–Trinajstić information content (AvgIpc) is 2.79. The molecular weight excluding hydrogens is 440 g/mol. The van der Waals surface area contributed by atoms with E-state index < -0.39 is 16.6 Å². The maximum atomic E-state index is 13.2. The van der Waals surface area contributed by atoms with Crippen molar-refractivity contribution in [2.45, 2.75) is 25.9 Å². The molecule has 170 valence electrons. The van der Waals surface area contributed by atoms with Crippen LogP contribution in [0.1, 0.15) is 23.2 Å². The second-order valence-electron chi connectivity index (χ2n) is 7.63. The Labute approximate surface area is 185 Å². The number of piperazine rings is 1. The molecule has 0 atom stereocenters. The number of sulfonamides is 1. The van der Waals surface area contributed by atoms with Crippen molar-refractivity contribution in [3.8, 4) is 5.75 Å². The molecule has 0 radical (unpaired) electrons. The Kier molecular flexibility index (Phi) is 6.52. The molecule has 0 N–H and O–H groups in total. The summed E-state index contributed by atoms with van der Waals surface area (Å²) < 4.78 is 57.0. The predicted octanol–water partition coefficient (Wildman–Crippen LogP) is 2.69. The molecule has 0 unspecified atom stereocenters. The van der Waals surface area contributed by atoms with Crippen molar-refractivity contribution >= 4 is 22.0 Å². The Balaban J connectivity index is 1.40. The Hall–Kier alpha value is -2.85. The van der Waals surface area contributed by atoms with E-state index in [4.69, 9.17) is 0 Å². The van der Waals surface area contributed by atoms with E-state index in [0.717, 1.165) is 5.56 Å². The molecule has 1 fully saturated rings. The highest BCUT2D eigenvalue weighted by atomic mass is 32.2. The zero-order valence-corrected chi connectivity index (χ0v) is 18.1. The lowest BCUT2D eigenvalue weighted by Gasteiger charge is -2.35. The minimum atomic E-state index is -3.67. The number of carbonyl (C=O) groups excluding carboxylic acids is 1. The standard InChI is InChI=1S/C22H23F2N3O4S/c23-22(24)31-19-6-4-17-14-20(7-5-16(17)13-19)32(29,30)27-11-9-26(10-12-27)21(28)15-18-3-1-2-8-25-18/h1-4,6,8,13-14,22H,5,7,9-12,15H2. The number of fused-ring (bicyclic) bond motifs is 1. The number of ether oxygens (including phenoxy) is 1. The first kappa shape index (κ1) is 22.3. The normalized spacial score (nSPS) is 17.1. The van der Waals surface area contributed by atoms with E-state index in [2.05, 4.69) is 9.72 Å². The summed E-state index contributed by atoms with van der Waals surface area (Å²) in [6.07, 6.45) is 4.12. The first-order valence-electron chi connectivity index (χ1n) is 10.3. The highest BCUT2D eigenvalue weighted by Crippen LogP contribution is 2.32. The summed E-state index contributed by atoms with van der Waals surface area (Å²) in [4.78, 5) is 18.6. The van der Waals surface area contributed by atoms with Gasteiger partial charge in [-0.2, -0.15) is 13.1 Å². The number of alkyl halides is 2. The molecule has 1 aliphatic carbocycles. The fraction of sp³-hybridized carbons (Fsp3) is 0.364. The second kappa shape index (κ2) is 9.33. The minimum Gasteiger partial charge on any atom is -0.435 e. The zero-order valence-electron chi connectivity index (χ0n) is 17.3. The molecule has 10 heteroatoms. The van der Waals surface area contributed by atoms with Gasteiger partial charge in [-0.15, -0.1) is 0 Å². The number of rotatable bonds is 6. The van der Waals surface area contributed by atoms with Crippen LogP contribution in [0.15, 0.2) is 47.5 Å². The molecule has 2 aliphatic rings. The number of nitrogens with zero attached hydrogens (tertiary/aromatic N) is 3. The summed E-state index contributed by atoms with van der Waals surface area (Å²) in [5.74, 6) is -0.0154. The van der Waals surface area contributed by atoms with Crippen molar-refractivity contribution in [2.75, 3.05) is 26.2 Å². The largest absolute Gasteiger partial charge is 0.435 e. The van der Waals surface area contributed by atoms with Crippen molar-refractivity contribution in [1.82, 2.24) is 14.2 Å². The number of hydrogen-bond acceptors (Lipinski definition) is 5. The highest BCUT2D eigenvalue weighted by Gasteiger charge is 2.32. The summed E-state index contributed by atoms with van der Waals surface area (Å²) in [5.41, 5.74) is 2.13. The number of carbonyl (C=O) groups is 1. The smallest absolute Gasteiger partial charge is 0.387 e. The average molecular weight is 464 g/mol. The summed E-state index contributed by atoms with van der Waals surface area (Å²) in [6.45, 7) is -1.81. The van der Waals surface area contributed by atoms with E-state index >= 15 is 0 Å².